The molecule has 3 rings (SSSR count). The van der Waals surface area contributed by atoms with Crippen LogP contribution in [0.4, 0.5) is 5.69 Å². The van der Waals surface area contributed by atoms with E-state index in [1.54, 1.807) is 29.2 Å². The fraction of sp³-hybridized carbons (Fsp3) is 0.263. The average molecular weight is 325 g/mol. The lowest BCUT2D eigenvalue weighted by molar-refractivity contribution is -0.122. The number of carbonyl (C=O) groups is 2. The van der Waals surface area contributed by atoms with E-state index in [2.05, 4.69) is 0 Å². The summed E-state index contributed by atoms with van der Waals surface area (Å²) < 4.78 is 10.3. The van der Waals surface area contributed by atoms with E-state index in [1.807, 2.05) is 31.2 Å². The Morgan fingerprint density at radius 1 is 1.12 bits per heavy atom. The number of fused-ring (bicyclic) bond motifs is 1. The van der Waals surface area contributed by atoms with Crippen LogP contribution in [-0.4, -0.2) is 31.6 Å². The predicted molar refractivity (Wildman–Crippen MR) is 90.4 cm³/mol. The maximum Gasteiger partial charge on any atom is 0.342 e. The number of benzene rings is 2. The number of carbonyl (C=O) groups excluding carboxylic acids is 2. The third kappa shape index (κ3) is 2.97. The van der Waals surface area contributed by atoms with Gasteiger partial charge in [0.1, 0.15) is 11.3 Å². The molecule has 0 spiro atoms. The molecule has 0 aromatic heterocycles. The smallest absolute Gasteiger partial charge is 0.342 e. The highest BCUT2D eigenvalue weighted by Gasteiger charge is 2.31. The second-order valence-corrected chi connectivity index (χ2v) is 5.72. The summed E-state index contributed by atoms with van der Waals surface area (Å²) in [5.41, 5.74) is 2.33. The number of esters is 1. The van der Waals surface area contributed by atoms with Crippen LogP contribution in [0.25, 0.3) is 0 Å². The molecule has 0 N–H and O–H groups in total. The standard InChI is InChI=1S/C19H19NO4/c1-13-11-14-7-3-5-9-16(14)20(13)18(21)12-24-19(22)15-8-4-6-10-17(15)23-2/h3-10,13H,11-12H2,1-2H3. The van der Waals surface area contributed by atoms with E-state index in [0.717, 1.165) is 17.7 Å². The summed E-state index contributed by atoms with van der Waals surface area (Å²) >= 11 is 0. The minimum Gasteiger partial charge on any atom is -0.496 e. The number of para-hydroxylation sites is 2. The molecule has 1 atom stereocenters. The Morgan fingerprint density at radius 2 is 1.83 bits per heavy atom. The first-order valence-electron chi connectivity index (χ1n) is 7.82. The summed E-state index contributed by atoms with van der Waals surface area (Å²) in [6.07, 6.45) is 0.808. The van der Waals surface area contributed by atoms with E-state index in [0.29, 0.717) is 11.3 Å². The summed E-state index contributed by atoms with van der Waals surface area (Å²) in [6.45, 7) is 1.69. The van der Waals surface area contributed by atoms with E-state index >= 15 is 0 Å². The number of nitrogens with zero attached hydrogens (tertiary/aromatic N) is 1. The molecule has 1 aliphatic heterocycles. The summed E-state index contributed by atoms with van der Waals surface area (Å²) in [4.78, 5) is 26.4. The minimum absolute atomic E-state index is 0.0554. The second kappa shape index (κ2) is 6.74. The van der Waals surface area contributed by atoms with E-state index in [1.165, 1.54) is 7.11 Å². The van der Waals surface area contributed by atoms with Gasteiger partial charge in [0.2, 0.25) is 0 Å². The first-order chi connectivity index (χ1) is 11.6. The molecule has 24 heavy (non-hydrogen) atoms. The molecule has 0 saturated carbocycles. The van der Waals surface area contributed by atoms with E-state index in [9.17, 15) is 9.59 Å². The number of rotatable bonds is 4. The Bertz CT molecular complexity index is 771. The fourth-order valence-electron chi connectivity index (χ4n) is 3.03. The van der Waals surface area contributed by atoms with Crippen LogP contribution in [0.3, 0.4) is 0 Å². The van der Waals surface area contributed by atoms with Crippen molar-refractivity contribution in [3.63, 3.8) is 0 Å². The van der Waals surface area contributed by atoms with Crippen molar-refractivity contribution in [2.45, 2.75) is 19.4 Å². The molecule has 1 unspecified atom stereocenters. The first kappa shape index (κ1) is 16.1. The number of ether oxygens (including phenoxy) is 2. The van der Waals surface area contributed by atoms with Gasteiger partial charge in [0.25, 0.3) is 5.91 Å². The SMILES string of the molecule is COc1ccccc1C(=O)OCC(=O)N1c2ccccc2CC1C. The summed E-state index contributed by atoms with van der Waals surface area (Å²) in [5, 5.41) is 0. The molecule has 1 aliphatic rings. The maximum absolute atomic E-state index is 12.5. The van der Waals surface area contributed by atoms with Gasteiger partial charge >= 0.3 is 5.97 Å². The van der Waals surface area contributed by atoms with Crippen LogP contribution in [0.5, 0.6) is 5.75 Å². The fourth-order valence-corrected chi connectivity index (χ4v) is 3.03. The number of amides is 1. The molecule has 1 heterocycles. The third-order valence-electron chi connectivity index (χ3n) is 4.13. The van der Waals surface area contributed by atoms with E-state index < -0.39 is 5.97 Å². The molecule has 0 bridgehead atoms. The van der Waals surface area contributed by atoms with Gasteiger partial charge in [-0.15, -0.1) is 0 Å². The van der Waals surface area contributed by atoms with Crippen molar-refractivity contribution in [3.8, 4) is 5.75 Å². The second-order valence-electron chi connectivity index (χ2n) is 5.72. The van der Waals surface area contributed by atoms with E-state index in [4.69, 9.17) is 9.47 Å². The van der Waals surface area contributed by atoms with Crippen LogP contribution in [-0.2, 0) is 16.0 Å². The lowest BCUT2D eigenvalue weighted by Gasteiger charge is -2.22. The molecule has 0 aliphatic carbocycles. The molecular formula is C19H19NO4. The van der Waals surface area contributed by atoms with Crippen LogP contribution in [0.2, 0.25) is 0 Å². The summed E-state index contributed by atoms with van der Waals surface area (Å²) in [5.74, 6) is -0.369. The normalized spacial score (nSPS) is 15.8. The molecule has 2 aromatic carbocycles. The zero-order valence-electron chi connectivity index (χ0n) is 13.7. The van der Waals surface area contributed by atoms with Crippen LogP contribution >= 0.6 is 0 Å². The highest BCUT2D eigenvalue weighted by molar-refractivity contribution is 5.99. The number of anilines is 1. The number of hydrogen-bond acceptors (Lipinski definition) is 4. The number of methoxy groups -OCH3 is 1. The molecule has 5 heteroatoms. The quantitative estimate of drug-likeness (QED) is 0.811. The summed E-state index contributed by atoms with van der Waals surface area (Å²) in [6, 6.07) is 14.6. The molecule has 5 nitrogen and oxygen atoms in total. The van der Waals surface area contributed by atoms with Gasteiger partial charge in [-0.3, -0.25) is 4.79 Å². The minimum atomic E-state index is -0.569. The molecule has 0 fully saturated rings. The van der Waals surface area contributed by atoms with Crippen LogP contribution in [0.15, 0.2) is 48.5 Å². The van der Waals surface area contributed by atoms with Crippen molar-refractivity contribution < 1.29 is 19.1 Å². The van der Waals surface area contributed by atoms with Crippen molar-refractivity contribution in [3.05, 3.63) is 59.7 Å². The van der Waals surface area contributed by atoms with Crippen molar-refractivity contribution in [1.29, 1.82) is 0 Å². The molecule has 124 valence electrons. The van der Waals surface area contributed by atoms with E-state index in [-0.39, 0.29) is 18.6 Å². The maximum atomic E-state index is 12.5. The van der Waals surface area contributed by atoms with Crippen molar-refractivity contribution in [2.75, 3.05) is 18.6 Å². The van der Waals surface area contributed by atoms with Gasteiger partial charge in [0.15, 0.2) is 6.61 Å². The largest absolute Gasteiger partial charge is 0.496 e. The van der Waals surface area contributed by atoms with Gasteiger partial charge in [0.05, 0.1) is 7.11 Å². The lowest BCUT2D eigenvalue weighted by atomic mass is 10.1. The Balaban J connectivity index is 1.69. The van der Waals surface area contributed by atoms with Gasteiger partial charge in [-0.2, -0.15) is 0 Å². The Kier molecular flexibility index (Phi) is 4.51. The number of hydrogen-bond donors (Lipinski definition) is 0. The summed E-state index contributed by atoms with van der Waals surface area (Å²) in [7, 11) is 1.49. The van der Waals surface area contributed by atoms with Gasteiger partial charge in [-0.25, -0.2) is 4.79 Å². The average Bonchev–Trinajstić information content (AvgIpc) is 2.95. The lowest BCUT2D eigenvalue weighted by Crippen LogP contribution is -2.38. The van der Waals surface area contributed by atoms with Gasteiger partial charge < -0.3 is 14.4 Å². The molecule has 0 saturated heterocycles. The van der Waals surface area contributed by atoms with Crippen molar-refractivity contribution in [2.24, 2.45) is 0 Å². The molecule has 1 amide bonds. The van der Waals surface area contributed by atoms with Gasteiger partial charge in [0, 0.05) is 11.7 Å². The Morgan fingerprint density at radius 3 is 2.62 bits per heavy atom. The van der Waals surface area contributed by atoms with Crippen LogP contribution in [0, 0.1) is 0 Å². The van der Waals surface area contributed by atoms with Crippen LogP contribution < -0.4 is 9.64 Å². The van der Waals surface area contributed by atoms with Gasteiger partial charge in [-0.05, 0) is 37.1 Å². The molecule has 2 aromatic rings. The Hall–Kier alpha value is -2.82. The third-order valence-corrected chi connectivity index (χ3v) is 4.13. The highest BCUT2D eigenvalue weighted by Crippen LogP contribution is 2.31. The van der Waals surface area contributed by atoms with Crippen molar-refractivity contribution in [1.82, 2.24) is 0 Å². The molecule has 0 radical (unpaired) electrons. The van der Waals surface area contributed by atoms with Crippen LogP contribution in [0.1, 0.15) is 22.8 Å². The molecular weight excluding hydrogens is 306 g/mol. The monoisotopic (exact) mass is 325 g/mol. The Labute approximate surface area is 140 Å². The van der Waals surface area contributed by atoms with Crippen molar-refractivity contribution >= 4 is 17.6 Å². The highest BCUT2D eigenvalue weighted by atomic mass is 16.5. The predicted octanol–water partition coefficient (Wildman–Crippen LogP) is 2.83. The first-order valence-corrected chi connectivity index (χ1v) is 7.82. The zero-order chi connectivity index (χ0) is 17.1. The van der Waals surface area contributed by atoms with Gasteiger partial charge in [-0.1, -0.05) is 30.3 Å². The topological polar surface area (TPSA) is 55.8 Å². The zero-order valence-corrected chi connectivity index (χ0v) is 13.7.